The lowest BCUT2D eigenvalue weighted by molar-refractivity contribution is -0.136. The van der Waals surface area contributed by atoms with Gasteiger partial charge in [0.2, 0.25) is 0 Å². The third kappa shape index (κ3) is 6.20. The van der Waals surface area contributed by atoms with Gasteiger partial charge in [-0.25, -0.2) is 0 Å². The number of nitrogens with one attached hydrogen (secondary N) is 1. The number of aliphatic carboxylic acids is 1. The first-order chi connectivity index (χ1) is 14.5. The molecule has 0 spiro atoms. The molecular weight excluding hydrogens is 382 g/mol. The van der Waals surface area contributed by atoms with Gasteiger partial charge in [-0.05, 0) is 48.7 Å². The second-order valence-electron chi connectivity index (χ2n) is 7.01. The molecule has 0 bridgehead atoms. The molecule has 0 saturated heterocycles. The lowest BCUT2D eigenvalue weighted by Crippen LogP contribution is -2.28. The Bertz CT molecular complexity index is 982. The Hall–Kier alpha value is -3.61. The van der Waals surface area contributed by atoms with Gasteiger partial charge >= 0.3 is 5.97 Å². The maximum absolute atomic E-state index is 12.2. The molecule has 3 aromatic rings. The molecule has 2 aromatic carbocycles. The van der Waals surface area contributed by atoms with Crippen LogP contribution in [0.4, 0.5) is 0 Å². The first-order valence-corrected chi connectivity index (χ1v) is 9.80. The summed E-state index contributed by atoms with van der Waals surface area (Å²) < 4.78 is 7.70. The van der Waals surface area contributed by atoms with Crippen molar-refractivity contribution in [2.45, 2.75) is 26.3 Å². The van der Waals surface area contributed by atoms with Gasteiger partial charge in [-0.1, -0.05) is 29.8 Å². The van der Waals surface area contributed by atoms with Crippen LogP contribution >= 0.6 is 0 Å². The highest BCUT2D eigenvalue weighted by atomic mass is 16.5. The number of carbonyl (C=O) groups excluding carboxylic acids is 1. The predicted molar refractivity (Wildman–Crippen MR) is 113 cm³/mol. The predicted octanol–water partition coefficient (Wildman–Crippen LogP) is 3.07. The van der Waals surface area contributed by atoms with Crippen LogP contribution in [-0.2, 0) is 17.8 Å². The van der Waals surface area contributed by atoms with Crippen LogP contribution in [-0.4, -0.2) is 39.9 Å². The van der Waals surface area contributed by atoms with Gasteiger partial charge in [0.05, 0.1) is 13.1 Å². The van der Waals surface area contributed by atoms with Crippen molar-refractivity contribution < 1.29 is 19.4 Å². The number of aryl methyl sites for hydroxylation is 2. The molecule has 7 nitrogen and oxygen atoms in total. The van der Waals surface area contributed by atoms with Gasteiger partial charge in [-0.3, -0.25) is 14.3 Å². The maximum atomic E-state index is 12.2. The van der Waals surface area contributed by atoms with Crippen molar-refractivity contribution in [1.29, 1.82) is 0 Å². The lowest BCUT2D eigenvalue weighted by atomic mass is 10.1. The fraction of sp³-hybridized carbons (Fsp3) is 0.261. The highest BCUT2D eigenvalue weighted by Crippen LogP contribution is 2.23. The van der Waals surface area contributed by atoms with E-state index in [0.717, 1.165) is 16.7 Å². The fourth-order valence-electron chi connectivity index (χ4n) is 2.99. The van der Waals surface area contributed by atoms with Gasteiger partial charge in [0.15, 0.2) is 0 Å². The Morgan fingerprint density at radius 2 is 1.97 bits per heavy atom. The number of carboxylic acids is 1. The smallest absolute Gasteiger partial charge is 0.303 e. The van der Waals surface area contributed by atoms with E-state index in [4.69, 9.17) is 9.84 Å². The Balaban J connectivity index is 1.60. The lowest BCUT2D eigenvalue weighted by Gasteiger charge is -2.14. The average Bonchev–Trinajstić information content (AvgIpc) is 3.24. The van der Waals surface area contributed by atoms with Crippen molar-refractivity contribution in [3.63, 3.8) is 0 Å². The number of carbonyl (C=O) groups is 2. The molecular formula is C23H25N3O4. The van der Waals surface area contributed by atoms with E-state index in [-0.39, 0.29) is 18.9 Å². The van der Waals surface area contributed by atoms with Gasteiger partial charge in [0.25, 0.3) is 5.91 Å². The molecule has 0 aliphatic rings. The molecule has 0 aliphatic heterocycles. The summed E-state index contributed by atoms with van der Waals surface area (Å²) in [6.45, 7) is 3.18. The third-order valence-electron chi connectivity index (χ3n) is 4.60. The second kappa shape index (κ2) is 10.2. The Morgan fingerprint density at radius 3 is 2.67 bits per heavy atom. The summed E-state index contributed by atoms with van der Waals surface area (Å²) in [6.07, 6.45) is 4.00. The van der Waals surface area contributed by atoms with Crippen LogP contribution in [0.1, 0.15) is 33.5 Å². The fourth-order valence-corrected chi connectivity index (χ4v) is 2.99. The SMILES string of the molecule is Cc1ccc(C(=O)NCCOc2cc(Cn3cccn3)ccc2CCC(=O)O)cc1. The number of benzene rings is 2. The summed E-state index contributed by atoms with van der Waals surface area (Å²) in [5, 5.41) is 16.0. The third-order valence-corrected chi connectivity index (χ3v) is 4.60. The summed E-state index contributed by atoms with van der Waals surface area (Å²) in [5.74, 6) is -0.380. The number of ether oxygens (including phenoxy) is 1. The Morgan fingerprint density at radius 1 is 1.17 bits per heavy atom. The van der Waals surface area contributed by atoms with E-state index in [2.05, 4.69) is 10.4 Å². The summed E-state index contributed by atoms with van der Waals surface area (Å²) in [6, 6.07) is 15.0. The molecule has 1 heterocycles. The standard InChI is InChI=1S/C23H25N3O4/c1-17-3-6-20(7-4-17)23(29)24-12-14-30-21-15-18(16-26-13-2-11-25-26)5-8-19(21)9-10-22(27)28/h2-8,11,13,15H,9-10,12,14,16H2,1H3,(H,24,29)(H,27,28). The molecule has 0 atom stereocenters. The van der Waals surface area contributed by atoms with Crippen LogP contribution in [0, 0.1) is 6.92 Å². The summed E-state index contributed by atoms with van der Waals surface area (Å²) >= 11 is 0. The minimum Gasteiger partial charge on any atom is -0.491 e. The van der Waals surface area contributed by atoms with Crippen LogP contribution in [0.15, 0.2) is 60.9 Å². The van der Waals surface area contributed by atoms with E-state index in [1.165, 1.54) is 0 Å². The molecule has 7 heteroatoms. The normalized spacial score (nSPS) is 10.6. The molecule has 0 saturated carbocycles. The van der Waals surface area contributed by atoms with Crippen LogP contribution in [0.25, 0.3) is 0 Å². The van der Waals surface area contributed by atoms with Crippen LogP contribution in [0.3, 0.4) is 0 Å². The van der Waals surface area contributed by atoms with Crippen molar-refractivity contribution >= 4 is 11.9 Å². The van der Waals surface area contributed by atoms with E-state index in [1.54, 1.807) is 23.0 Å². The topological polar surface area (TPSA) is 93.5 Å². The number of amides is 1. The maximum Gasteiger partial charge on any atom is 0.303 e. The zero-order valence-electron chi connectivity index (χ0n) is 16.9. The summed E-state index contributed by atoms with van der Waals surface area (Å²) in [7, 11) is 0. The Kier molecular flexibility index (Phi) is 7.21. The number of nitrogens with zero attached hydrogens (tertiary/aromatic N) is 2. The van der Waals surface area contributed by atoms with Gasteiger partial charge in [-0.15, -0.1) is 0 Å². The first kappa shape index (κ1) is 21.1. The van der Waals surface area contributed by atoms with Crippen LogP contribution in [0.5, 0.6) is 5.75 Å². The van der Waals surface area contributed by atoms with E-state index < -0.39 is 5.97 Å². The number of rotatable bonds is 10. The van der Waals surface area contributed by atoms with Gasteiger partial charge in [0, 0.05) is 24.4 Å². The minimum atomic E-state index is -0.855. The minimum absolute atomic E-state index is 0.0268. The molecule has 0 radical (unpaired) electrons. The van der Waals surface area contributed by atoms with E-state index in [0.29, 0.717) is 30.8 Å². The zero-order chi connectivity index (χ0) is 21.3. The monoisotopic (exact) mass is 407 g/mol. The second-order valence-corrected chi connectivity index (χ2v) is 7.01. The largest absolute Gasteiger partial charge is 0.491 e. The molecule has 30 heavy (non-hydrogen) atoms. The molecule has 156 valence electrons. The van der Waals surface area contributed by atoms with Crippen molar-refractivity contribution in [1.82, 2.24) is 15.1 Å². The Labute approximate surface area is 175 Å². The summed E-state index contributed by atoms with van der Waals surface area (Å²) in [5.41, 5.74) is 3.52. The number of aromatic nitrogens is 2. The zero-order valence-corrected chi connectivity index (χ0v) is 16.9. The average molecular weight is 407 g/mol. The van der Waals surface area contributed by atoms with E-state index >= 15 is 0 Å². The summed E-state index contributed by atoms with van der Waals surface area (Å²) in [4.78, 5) is 23.2. The first-order valence-electron chi connectivity index (χ1n) is 9.80. The number of hydrogen-bond donors (Lipinski definition) is 2. The van der Waals surface area contributed by atoms with E-state index in [1.807, 2.05) is 49.5 Å². The van der Waals surface area contributed by atoms with Gasteiger partial charge in [-0.2, -0.15) is 5.10 Å². The van der Waals surface area contributed by atoms with E-state index in [9.17, 15) is 9.59 Å². The molecule has 3 rings (SSSR count). The van der Waals surface area contributed by atoms with Crippen molar-refractivity contribution in [3.05, 3.63) is 83.2 Å². The van der Waals surface area contributed by atoms with Gasteiger partial charge < -0.3 is 15.2 Å². The van der Waals surface area contributed by atoms with Gasteiger partial charge in [0.1, 0.15) is 12.4 Å². The highest BCUT2D eigenvalue weighted by molar-refractivity contribution is 5.94. The van der Waals surface area contributed by atoms with Crippen LogP contribution < -0.4 is 10.1 Å². The molecule has 0 unspecified atom stereocenters. The molecule has 1 aromatic heterocycles. The van der Waals surface area contributed by atoms with Crippen molar-refractivity contribution in [2.75, 3.05) is 13.2 Å². The molecule has 0 aliphatic carbocycles. The van der Waals surface area contributed by atoms with Crippen molar-refractivity contribution in [2.24, 2.45) is 0 Å². The highest BCUT2D eigenvalue weighted by Gasteiger charge is 2.10. The number of hydrogen-bond acceptors (Lipinski definition) is 4. The van der Waals surface area contributed by atoms with Crippen molar-refractivity contribution in [3.8, 4) is 5.75 Å². The quantitative estimate of drug-likeness (QED) is 0.504. The molecule has 0 fully saturated rings. The molecule has 1 amide bonds. The molecule has 2 N–H and O–H groups in total. The number of carboxylic acid groups (broad SMARTS) is 1. The van der Waals surface area contributed by atoms with Crippen LogP contribution in [0.2, 0.25) is 0 Å².